The molecule has 2 N–H and O–H groups in total. The number of aryl methyl sites for hydroxylation is 1. The van der Waals surface area contributed by atoms with Crippen molar-refractivity contribution in [2.75, 3.05) is 11.9 Å². The molecule has 0 spiro atoms. The minimum absolute atomic E-state index is 0.188. The van der Waals surface area contributed by atoms with Gasteiger partial charge in [0.15, 0.2) is 0 Å². The monoisotopic (exact) mass is 378 g/mol. The van der Waals surface area contributed by atoms with Gasteiger partial charge in [-0.1, -0.05) is 54.4 Å². The highest BCUT2D eigenvalue weighted by Crippen LogP contribution is 2.26. The molecule has 0 saturated carbocycles. The molecule has 0 radical (unpaired) electrons. The molecule has 0 aliphatic heterocycles. The molecule has 0 aliphatic rings. The Morgan fingerprint density at radius 1 is 1.04 bits per heavy atom. The number of rotatable bonds is 7. The van der Waals surface area contributed by atoms with Gasteiger partial charge in [-0.15, -0.1) is 0 Å². The summed E-state index contributed by atoms with van der Waals surface area (Å²) < 4.78 is 0. The second-order valence-corrected chi connectivity index (χ2v) is 6.35. The molecular formula is C19H20Cl2N2O2. The van der Waals surface area contributed by atoms with Crippen molar-refractivity contribution in [2.24, 2.45) is 0 Å². The van der Waals surface area contributed by atoms with E-state index in [4.69, 9.17) is 23.2 Å². The van der Waals surface area contributed by atoms with Crippen LogP contribution in [0.3, 0.4) is 0 Å². The first kappa shape index (κ1) is 19.3. The van der Waals surface area contributed by atoms with Gasteiger partial charge in [-0.2, -0.15) is 0 Å². The molecule has 0 fully saturated rings. The molecule has 0 saturated heterocycles. The average molecular weight is 379 g/mol. The number of carbonyl (C=O) groups is 2. The van der Waals surface area contributed by atoms with Gasteiger partial charge in [0.25, 0.3) is 5.91 Å². The molecule has 2 aromatic rings. The third-order valence-electron chi connectivity index (χ3n) is 3.63. The summed E-state index contributed by atoms with van der Waals surface area (Å²) in [5.41, 5.74) is 1.77. The number of hydrogen-bond acceptors (Lipinski definition) is 2. The average Bonchev–Trinajstić information content (AvgIpc) is 2.61. The number of halogens is 2. The van der Waals surface area contributed by atoms with Crippen LogP contribution in [0.4, 0.5) is 5.69 Å². The molecule has 0 aromatic heterocycles. The van der Waals surface area contributed by atoms with E-state index in [0.29, 0.717) is 34.3 Å². The molecule has 0 bridgehead atoms. The third-order valence-corrected chi connectivity index (χ3v) is 4.49. The predicted molar refractivity (Wildman–Crippen MR) is 102 cm³/mol. The Kier molecular flexibility index (Phi) is 7.29. The van der Waals surface area contributed by atoms with Crippen molar-refractivity contribution in [3.05, 3.63) is 63.6 Å². The van der Waals surface area contributed by atoms with Crippen molar-refractivity contribution in [3.8, 4) is 0 Å². The van der Waals surface area contributed by atoms with Crippen LogP contribution in [0.2, 0.25) is 10.0 Å². The van der Waals surface area contributed by atoms with E-state index in [1.807, 2.05) is 13.0 Å². The van der Waals surface area contributed by atoms with Crippen LogP contribution >= 0.6 is 23.2 Å². The maximum atomic E-state index is 12.3. The summed E-state index contributed by atoms with van der Waals surface area (Å²) in [6.45, 7) is 2.57. The van der Waals surface area contributed by atoms with Crippen LogP contribution in [-0.2, 0) is 11.2 Å². The van der Waals surface area contributed by atoms with Crippen LogP contribution in [0, 0.1) is 0 Å². The van der Waals surface area contributed by atoms with Gasteiger partial charge < -0.3 is 10.6 Å². The van der Waals surface area contributed by atoms with Crippen molar-refractivity contribution in [1.82, 2.24) is 5.32 Å². The highest BCUT2D eigenvalue weighted by atomic mass is 35.5. The maximum absolute atomic E-state index is 12.3. The van der Waals surface area contributed by atoms with Gasteiger partial charge in [0.2, 0.25) is 5.91 Å². The number of benzene rings is 2. The molecule has 132 valence electrons. The quantitative estimate of drug-likeness (QED) is 0.732. The second kappa shape index (κ2) is 9.44. The summed E-state index contributed by atoms with van der Waals surface area (Å²) in [6, 6.07) is 12.3. The largest absolute Gasteiger partial charge is 0.352 e. The molecule has 2 amide bonds. The van der Waals surface area contributed by atoms with E-state index in [0.717, 1.165) is 12.0 Å². The highest BCUT2D eigenvalue weighted by molar-refractivity contribution is 6.42. The molecule has 2 aromatic carbocycles. The van der Waals surface area contributed by atoms with Crippen LogP contribution in [0.5, 0.6) is 0 Å². The molecular weight excluding hydrogens is 359 g/mol. The summed E-state index contributed by atoms with van der Waals surface area (Å²) in [4.78, 5) is 24.4. The van der Waals surface area contributed by atoms with Crippen molar-refractivity contribution in [2.45, 2.75) is 26.2 Å². The Balaban J connectivity index is 2.01. The van der Waals surface area contributed by atoms with Crippen molar-refractivity contribution in [3.63, 3.8) is 0 Å². The van der Waals surface area contributed by atoms with Crippen molar-refractivity contribution < 1.29 is 9.59 Å². The van der Waals surface area contributed by atoms with Gasteiger partial charge in [-0.3, -0.25) is 9.59 Å². The van der Waals surface area contributed by atoms with Gasteiger partial charge in [0.1, 0.15) is 0 Å². The van der Waals surface area contributed by atoms with Crippen LogP contribution in [0.25, 0.3) is 0 Å². The summed E-state index contributed by atoms with van der Waals surface area (Å²) in [7, 11) is 0. The fourth-order valence-corrected chi connectivity index (χ4v) is 2.74. The number of carbonyl (C=O) groups excluding carboxylic acids is 2. The van der Waals surface area contributed by atoms with E-state index in [1.165, 1.54) is 0 Å². The number of para-hydroxylation sites is 1. The Hall–Kier alpha value is -2.04. The Bertz CT molecular complexity index is 763. The summed E-state index contributed by atoms with van der Waals surface area (Å²) in [5.74, 6) is -0.387. The zero-order chi connectivity index (χ0) is 18.2. The molecule has 0 atom stereocenters. The van der Waals surface area contributed by atoms with Crippen molar-refractivity contribution in [1.29, 1.82) is 0 Å². The van der Waals surface area contributed by atoms with E-state index >= 15 is 0 Å². The standard InChI is InChI=1S/C19H20Cl2N2O2/c1-2-12-22-19(25)14-7-3-4-9-16(14)23-17(24)11-10-13-6-5-8-15(20)18(13)21/h3-9H,2,10-12H2,1H3,(H,22,25)(H,23,24). The lowest BCUT2D eigenvalue weighted by Gasteiger charge is -2.11. The summed E-state index contributed by atoms with van der Waals surface area (Å²) in [6.07, 6.45) is 1.56. The van der Waals surface area contributed by atoms with E-state index in [-0.39, 0.29) is 18.2 Å². The second-order valence-electron chi connectivity index (χ2n) is 5.56. The number of anilines is 1. The molecule has 0 unspecified atom stereocenters. The first-order valence-corrected chi connectivity index (χ1v) is 8.88. The van der Waals surface area contributed by atoms with Crippen LogP contribution in [-0.4, -0.2) is 18.4 Å². The Labute approximate surface area is 157 Å². The first-order valence-electron chi connectivity index (χ1n) is 8.13. The van der Waals surface area contributed by atoms with Gasteiger partial charge in [-0.05, 0) is 36.6 Å². The smallest absolute Gasteiger partial charge is 0.253 e. The minimum Gasteiger partial charge on any atom is -0.352 e. The minimum atomic E-state index is -0.198. The molecule has 0 heterocycles. The summed E-state index contributed by atoms with van der Waals surface area (Å²) in [5, 5.41) is 6.55. The predicted octanol–water partition coefficient (Wildman–Crippen LogP) is 4.70. The van der Waals surface area contributed by atoms with Crippen LogP contribution in [0.15, 0.2) is 42.5 Å². The lowest BCUT2D eigenvalue weighted by atomic mass is 10.1. The van der Waals surface area contributed by atoms with Gasteiger partial charge in [0, 0.05) is 13.0 Å². The van der Waals surface area contributed by atoms with Crippen LogP contribution < -0.4 is 10.6 Å². The maximum Gasteiger partial charge on any atom is 0.253 e. The van der Waals surface area contributed by atoms with Gasteiger partial charge >= 0.3 is 0 Å². The fourth-order valence-electron chi connectivity index (χ4n) is 2.33. The van der Waals surface area contributed by atoms with Gasteiger partial charge in [0.05, 0.1) is 21.3 Å². The molecule has 4 nitrogen and oxygen atoms in total. The lowest BCUT2D eigenvalue weighted by molar-refractivity contribution is -0.116. The topological polar surface area (TPSA) is 58.2 Å². The number of hydrogen-bond donors (Lipinski definition) is 2. The lowest BCUT2D eigenvalue weighted by Crippen LogP contribution is -2.25. The SMILES string of the molecule is CCCNC(=O)c1ccccc1NC(=O)CCc1cccc(Cl)c1Cl. The van der Waals surface area contributed by atoms with E-state index < -0.39 is 0 Å². The van der Waals surface area contributed by atoms with E-state index in [9.17, 15) is 9.59 Å². The van der Waals surface area contributed by atoms with Crippen molar-refractivity contribution >= 4 is 40.7 Å². The van der Waals surface area contributed by atoms with E-state index in [1.54, 1.807) is 36.4 Å². The zero-order valence-corrected chi connectivity index (χ0v) is 15.5. The number of nitrogens with one attached hydrogen (secondary N) is 2. The molecule has 25 heavy (non-hydrogen) atoms. The Morgan fingerprint density at radius 3 is 2.56 bits per heavy atom. The highest BCUT2D eigenvalue weighted by Gasteiger charge is 2.13. The fraction of sp³-hybridized carbons (Fsp3) is 0.263. The molecule has 0 aliphatic carbocycles. The number of amides is 2. The first-order chi connectivity index (χ1) is 12.0. The van der Waals surface area contributed by atoms with E-state index in [2.05, 4.69) is 10.6 Å². The Morgan fingerprint density at radius 2 is 1.80 bits per heavy atom. The zero-order valence-electron chi connectivity index (χ0n) is 13.9. The molecule has 6 heteroatoms. The van der Waals surface area contributed by atoms with Gasteiger partial charge in [-0.25, -0.2) is 0 Å². The normalized spacial score (nSPS) is 10.4. The van der Waals surface area contributed by atoms with Crippen LogP contribution in [0.1, 0.15) is 35.7 Å². The third kappa shape index (κ3) is 5.48. The molecule has 2 rings (SSSR count). The summed E-state index contributed by atoms with van der Waals surface area (Å²) >= 11 is 12.1.